The van der Waals surface area contributed by atoms with Gasteiger partial charge in [-0.25, -0.2) is 0 Å². The third-order valence-corrected chi connectivity index (χ3v) is 5.08. The van der Waals surface area contributed by atoms with Crippen LogP contribution in [0.15, 0.2) is 36.7 Å². The van der Waals surface area contributed by atoms with Gasteiger partial charge in [0.1, 0.15) is 6.54 Å². The molecule has 0 unspecified atom stereocenters. The average Bonchev–Trinajstić information content (AvgIpc) is 3.04. The molecule has 7 heteroatoms. The molecule has 4 nitrogen and oxygen atoms in total. The third kappa shape index (κ3) is 5.11. The van der Waals surface area contributed by atoms with Gasteiger partial charge in [0.25, 0.3) is 0 Å². The largest absolute Gasteiger partial charge is 0.416 e. The number of nitrogens with zero attached hydrogens (tertiary/aromatic N) is 3. The maximum atomic E-state index is 13.1. The van der Waals surface area contributed by atoms with Crippen LogP contribution < -0.4 is 0 Å². The van der Waals surface area contributed by atoms with Crippen LogP contribution in [0.4, 0.5) is 13.2 Å². The molecule has 0 N–H and O–H groups in total. The summed E-state index contributed by atoms with van der Waals surface area (Å²) in [6, 6.07) is 5.75. The first-order valence-electron chi connectivity index (χ1n) is 9.25. The van der Waals surface area contributed by atoms with Crippen LogP contribution in [0.25, 0.3) is 0 Å². The second-order valence-corrected chi connectivity index (χ2v) is 7.26. The first-order valence-corrected chi connectivity index (χ1v) is 9.25. The van der Waals surface area contributed by atoms with Crippen LogP contribution in [0.3, 0.4) is 0 Å². The number of carbonyl (C=O) groups excluding carboxylic acids is 1. The van der Waals surface area contributed by atoms with Crippen molar-refractivity contribution in [3.8, 4) is 0 Å². The Kier molecular flexibility index (Phi) is 5.87. The zero-order chi connectivity index (χ0) is 19.4. The summed E-state index contributed by atoms with van der Waals surface area (Å²) in [6.45, 7) is 3.43. The molecule has 0 spiro atoms. The quantitative estimate of drug-likeness (QED) is 0.785. The molecule has 0 saturated carbocycles. The number of benzene rings is 1. The van der Waals surface area contributed by atoms with Gasteiger partial charge in [0.05, 0.1) is 11.8 Å². The molecule has 1 aromatic carbocycles. The van der Waals surface area contributed by atoms with Crippen LogP contribution in [0.5, 0.6) is 0 Å². The number of halogens is 3. The van der Waals surface area contributed by atoms with Crippen molar-refractivity contribution in [2.45, 2.75) is 45.3 Å². The molecule has 1 saturated heterocycles. The molecule has 2 heterocycles. The summed E-state index contributed by atoms with van der Waals surface area (Å²) in [5.41, 5.74) is 0.783. The van der Waals surface area contributed by atoms with Gasteiger partial charge in [-0.3, -0.25) is 9.48 Å². The smallest absolute Gasteiger partial charge is 0.341 e. The fourth-order valence-electron chi connectivity index (χ4n) is 3.69. The van der Waals surface area contributed by atoms with Gasteiger partial charge in [-0.15, -0.1) is 0 Å². The molecule has 3 rings (SSSR count). The number of aryl methyl sites for hydroxylation is 2. The molecule has 1 aromatic heterocycles. The van der Waals surface area contributed by atoms with E-state index in [2.05, 4.69) is 5.10 Å². The molecule has 0 bridgehead atoms. The minimum atomic E-state index is -4.33. The molecule has 27 heavy (non-hydrogen) atoms. The molecule has 1 fully saturated rings. The summed E-state index contributed by atoms with van der Waals surface area (Å²) < 4.78 is 41.0. The van der Waals surface area contributed by atoms with Crippen molar-refractivity contribution < 1.29 is 18.0 Å². The monoisotopic (exact) mass is 379 g/mol. The number of hydrogen-bond donors (Lipinski definition) is 0. The van der Waals surface area contributed by atoms with E-state index in [0.717, 1.165) is 24.5 Å². The van der Waals surface area contributed by atoms with E-state index in [9.17, 15) is 18.0 Å². The van der Waals surface area contributed by atoms with Gasteiger partial charge in [0, 0.05) is 19.3 Å². The van der Waals surface area contributed by atoms with Gasteiger partial charge >= 0.3 is 6.18 Å². The fraction of sp³-hybridized carbons (Fsp3) is 0.500. The second-order valence-electron chi connectivity index (χ2n) is 7.26. The van der Waals surface area contributed by atoms with Crippen molar-refractivity contribution >= 4 is 5.91 Å². The maximum absolute atomic E-state index is 13.1. The Bertz CT molecular complexity index is 785. The second kappa shape index (κ2) is 8.15. The first-order chi connectivity index (χ1) is 12.8. The maximum Gasteiger partial charge on any atom is 0.416 e. The standard InChI is InChI=1S/C20H24F3N3O/c1-15-11-24-26(12-15)14-19(27)25-10-4-5-16(13-25)8-9-17-6-2-3-7-18(17)20(21,22)23/h2-3,6-7,11-12,16H,4-5,8-10,13-14H2,1H3/t16-/m1/s1. The highest BCUT2D eigenvalue weighted by Crippen LogP contribution is 2.33. The van der Waals surface area contributed by atoms with Crippen molar-refractivity contribution in [3.05, 3.63) is 53.3 Å². The Morgan fingerprint density at radius 2 is 2.07 bits per heavy atom. The summed E-state index contributed by atoms with van der Waals surface area (Å²) in [5, 5.41) is 4.14. The minimum absolute atomic E-state index is 0.0125. The summed E-state index contributed by atoms with van der Waals surface area (Å²) in [6.07, 6.45) is 2.07. The van der Waals surface area contributed by atoms with Gasteiger partial charge in [0.15, 0.2) is 0 Å². The topological polar surface area (TPSA) is 38.1 Å². The number of carbonyl (C=O) groups is 1. The first kappa shape index (κ1) is 19.5. The molecule has 0 aliphatic carbocycles. The molecule has 1 amide bonds. The van der Waals surface area contributed by atoms with E-state index in [4.69, 9.17) is 0 Å². The fourth-order valence-corrected chi connectivity index (χ4v) is 3.69. The highest BCUT2D eigenvalue weighted by Gasteiger charge is 2.33. The van der Waals surface area contributed by atoms with Crippen LogP contribution in [0, 0.1) is 12.8 Å². The van der Waals surface area contributed by atoms with Crippen LogP contribution in [0.1, 0.15) is 36.0 Å². The Hall–Kier alpha value is -2.31. The SMILES string of the molecule is Cc1cnn(CC(=O)N2CCC[C@H](CCc3ccccc3C(F)(F)F)C2)c1. The van der Waals surface area contributed by atoms with E-state index < -0.39 is 11.7 Å². The molecule has 1 aliphatic rings. The number of hydrogen-bond acceptors (Lipinski definition) is 2. The van der Waals surface area contributed by atoms with Crippen LogP contribution in [-0.4, -0.2) is 33.7 Å². The van der Waals surface area contributed by atoms with Gasteiger partial charge in [-0.2, -0.15) is 18.3 Å². The number of alkyl halides is 3. The zero-order valence-electron chi connectivity index (χ0n) is 15.4. The molecule has 0 radical (unpaired) electrons. The minimum Gasteiger partial charge on any atom is -0.341 e. The van der Waals surface area contributed by atoms with Crippen molar-refractivity contribution in [1.29, 1.82) is 0 Å². The molecular weight excluding hydrogens is 355 g/mol. The van der Waals surface area contributed by atoms with Crippen LogP contribution >= 0.6 is 0 Å². The van der Waals surface area contributed by atoms with E-state index in [1.807, 2.05) is 18.0 Å². The summed E-state index contributed by atoms with van der Waals surface area (Å²) in [4.78, 5) is 14.3. The molecular formula is C20H24F3N3O. The molecule has 1 atom stereocenters. The zero-order valence-corrected chi connectivity index (χ0v) is 15.4. The predicted octanol–water partition coefficient (Wildman–Crippen LogP) is 4.08. The number of amides is 1. The van der Waals surface area contributed by atoms with E-state index in [1.54, 1.807) is 23.0 Å². The van der Waals surface area contributed by atoms with Crippen LogP contribution in [0.2, 0.25) is 0 Å². The lowest BCUT2D eigenvalue weighted by Crippen LogP contribution is -2.41. The Morgan fingerprint density at radius 3 is 2.78 bits per heavy atom. The lowest BCUT2D eigenvalue weighted by molar-refractivity contribution is -0.138. The van der Waals surface area contributed by atoms with Crippen molar-refractivity contribution in [1.82, 2.24) is 14.7 Å². The predicted molar refractivity (Wildman–Crippen MR) is 96.0 cm³/mol. The van der Waals surface area contributed by atoms with Crippen molar-refractivity contribution in [2.75, 3.05) is 13.1 Å². The van der Waals surface area contributed by atoms with E-state index in [1.165, 1.54) is 6.07 Å². The summed E-state index contributed by atoms with van der Waals surface area (Å²) >= 11 is 0. The van der Waals surface area contributed by atoms with Gasteiger partial charge in [-0.05, 0) is 55.7 Å². The van der Waals surface area contributed by atoms with E-state index in [0.29, 0.717) is 31.5 Å². The molecule has 2 aromatic rings. The van der Waals surface area contributed by atoms with E-state index in [-0.39, 0.29) is 18.4 Å². The van der Waals surface area contributed by atoms with Gasteiger partial charge in [-0.1, -0.05) is 18.2 Å². The highest BCUT2D eigenvalue weighted by atomic mass is 19.4. The Labute approximate surface area is 157 Å². The normalized spacial score (nSPS) is 17.9. The molecule has 1 aliphatic heterocycles. The average molecular weight is 379 g/mol. The summed E-state index contributed by atoms with van der Waals surface area (Å²) in [5.74, 6) is 0.238. The van der Waals surface area contributed by atoms with E-state index >= 15 is 0 Å². The van der Waals surface area contributed by atoms with Crippen molar-refractivity contribution in [3.63, 3.8) is 0 Å². The Morgan fingerprint density at radius 1 is 1.30 bits per heavy atom. The van der Waals surface area contributed by atoms with Crippen molar-refractivity contribution in [2.24, 2.45) is 5.92 Å². The number of rotatable bonds is 5. The number of likely N-dealkylation sites (tertiary alicyclic amines) is 1. The third-order valence-electron chi connectivity index (χ3n) is 5.08. The number of piperidine rings is 1. The molecule has 146 valence electrons. The summed E-state index contributed by atoms with van der Waals surface area (Å²) in [7, 11) is 0. The lowest BCUT2D eigenvalue weighted by atomic mass is 9.90. The van der Waals surface area contributed by atoms with Gasteiger partial charge < -0.3 is 4.90 Å². The number of aromatic nitrogens is 2. The van der Waals surface area contributed by atoms with Crippen LogP contribution in [-0.2, 0) is 23.9 Å². The lowest BCUT2D eigenvalue weighted by Gasteiger charge is -2.33. The highest BCUT2D eigenvalue weighted by molar-refractivity contribution is 5.76. The van der Waals surface area contributed by atoms with Gasteiger partial charge in [0.2, 0.25) is 5.91 Å². The Balaban J connectivity index is 1.57.